The smallest absolute Gasteiger partial charge is 0.249 e. The van der Waals surface area contributed by atoms with E-state index in [4.69, 9.17) is 6.57 Å². The average Bonchev–Trinajstić information content (AvgIpc) is 3.95. The highest BCUT2D eigenvalue weighted by Crippen LogP contribution is 2.47. The quantitative estimate of drug-likeness (QED) is 0.165. The van der Waals surface area contributed by atoms with E-state index >= 15 is 8.78 Å². The van der Waals surface area contributed by atoms with Crippen LogP contribution in [0, 0.1) is 29.5 Å². The normalized spacial score (nSPS) is 12.5. The average molecular weight is 763 g/mol. The van der Waals surface area contributed by atoms with Gasteiger partial charge >= 0.3 is 0 Å². The molecule has 4 heterocycles. The van der Waals surface area contributed by atoms with Crippen LogP contribution < -0.4 is 0 Å². The van der Waals surface area contributed by atoms with Crippen molar-refractivity contribution in [3.05, 3.63) is 148 Å². The van der Waals surface area contributed by atoms with Crippen LogP contribution in [0.5, 0.6) is 0 Å². The van der Waals surface area contributed by atoms with Gasteiger partial charge in [-0.15, -0.1) is 11.3 Å². The molecule has 10 aromatic rings. The van der Waals surface area contributed by atoms with Gasteiger partial charge in [-0.3, -0.25) is 4.40 Å². The van der Waals surface area contributed by atoms with E-state index < -0.39 is 22.9 Å². The standard InChI is InChI=1S/C50H36F2N4S/c1-49(2,3)30-15-17-40-34(24-30)35-25-31(50(4,5)6)16-18-41(35)55(40)47-43(51)38(26-53)42(44(52)45(47)54-7)28-12-10-11-27(21-28)29-22-36-32-13-8-9-14-39(32)56-46(36)37(23-29)33-19-20-57-48(33)56/h8-25H,1-6H3. The minimum Gasteiger partial charge on any atom is -0.316 e. The number of thiophene rings is 1. The summed E-state index contributed by atoms with van der Waals surface area (Å²) in [6.45, 7) is 21.1. The summed E-state index contributed by atoms with van der Waals surface area (Å²) in [7, 11) is 0. The number of hydrogen-bond donors (Lipinski definition) is 0. The number of fused-ring (bicyclic) bond motifs is 9. The molecule has 10 rings (SSSR count). The van der Waals surface area contributed by atoms with Gasteiger partial charge in [0, 0.05) is 37.9 Å². The molecule has 0 spiro atoms. The van der Waals surface area contributed by atoms with Crippen LogP contribution >= 0.6 is 11.3 Å². The maximum absolute atomic E-state index is 17.4. The number of benzene rings is 6. The Balaban J connectivity index is 1.21. The Kier molecular flexibility index (Phi) is 7.34. The molecule has 0 saturated carbocycles. The summed E-state index contributed by atoms with van der Waals surface area (Å²) in [5.74, 6) is -1.86. The predicted octanol–water partition coefficient (Wildman–Crippen LogP) is 14.6. The van der Waals surface area contributed by atoms with Gasteiger partial charge in [-0.2, -0.15) is 5.26 Å². The summed E-state index contributed by atoms with van der Waals surface area (Å²) >= 11 is 1.71. The molecule has 0 atom stereocenters. The molecule has 0 aliphatic carbocycles. The van der Waals surface area contributed by atoms with Gasteiger partial charge in [-0.1, -0.05) is 90.1 Å². The maximum atomic E-state index is 17.4. The second-order valence-corrected chi connectivity index (χ2v) is 18.0. The molecule has 0 aliphatic heterocycles. The molecular weight excluding hydrogens is 727 g/mol. The van der Waals surface area contributed by atoms with Gasteiger partial charge in [0.15, 0.2) is 5.82 Å². The highest BCUT2D eigenvalue weighted by atomic mass is 32.1. The lowest BCUT2D eigenvalue weighted by molar-refractivity contribution is 0.590. The number of rotatable bonds is 3. The van der Waals surface area contributed by atoms with Crippen LogP contribution in [0.15, 0.2) is 109 Å². The number of aromatic nitrogens is 2. The van der Waals surface area contributed by atoms with E-state index in [1.807, 2.05) is 42.5 Å². The number of nitrogens with zero attached hydrogens (tertiary/aromatic N) is 4. The summed E-state index contributed by atoms with van der Waals surface area (Å²) in [5.41, 5.74) is 6.02. The van der Waals surface area contributed by atoms with Crippen molar-refractivity contribution in [1.82, 2.24) is 8.97 Å². The minimum atomic E-state index is -0.934. The zero-order chi connectivity index (χ0) is 39.7. The number of nitriles is 1. The topological polar surface area (TPSA) is 37.5 Å². The van der Waals surface area contributed by atoms with Gasteiger partial charge in [0.05, 0.1) is 39.9 Å². The van der Waals surface area contributed by atoms with Crippen LogP contribution in [0.4, 0.5) is 14.5 Å². The largest absolute Gasteiger partial charge is 0.316 e. The van der Waals surface area contributed by atoms with Crippen molar-refractivity contribution in [1.29, 1.82) is 5.26 Å². The van der Waals surface area contributed by atoms with Gasteiger partial charge in [0.1, 0.15) is 16.7 Å². The van der Waals surface area contributed by atoms with Crippen LogP contribution in [0.25, 0.3) is 92.0 Å². The van der Waals surface area contributed by atoms with Crippen molar-refractivity contribution in [2.24, 2.45) is 0 Å². The first-order valence-electron chi connectivity index (χ1n) is 19.0. The van der Waals surface area contributed by atoms with Crippen molar-refractivity contribution >= 4 is 76.2 Å². The van der Waals surface area contributed by atoms with Gasteiger partial charge in [0.2, 0.25) is 5.69 Å². The number of para-hydroxylation sites is 1. The molecule has 0 radical (unpaired) electrons. The van der Waals surface area contributed by atoms with Crippen molar-refractivity contribution in [2.45, 2.75) is 52.4 Å². The molecule has 0 N–H and O–H groups in total. The Labute approximate surface area is 332 Å². The van der Waals surface area contributed by atoms with Crippen molar-refractivity contribution in [2.75, 3.05) is 0 Å². The third kappa shape index (κ3) is 4.92. The Hall–Kier alpha value is -6.54. The highest BCUT2D eigenvalue weighted by molar-refractivity contribution is 7.17. The Morgan fingerprint density at radius 1 is 0.632 bits per heavy atom. The molecule has 0 saturated heterocycles. The molecule has 0 bridgehead atoms. The Bertz CT molecular complexity index is 3350. The Morgan fingerprint density at radius 3 is 1.89 bits per heavy atom. The lowest BCUT2D eigenvalue weighted by Gasteiger charge is -2.20. The molecule has 6 aromatic carbocycles. The Morgan fingerprint density at radius 2 is 1.26 bits per heavy atom. The molecule has 0 aliphatic rings. The lowest BCUT2D eigenvalue weighted by atomic mass is 9.85. The fourth-order valence-electron chi connectivity index (χ4n) is 8.76. The van der Waals surface area contributed by atoms with E-state index in [0.717, 1.165) is 65.6 Å². The zero-order valence-electron chi connectivity index (χ0n) is 32.3. The fraction of sp³-hybridized carbons (Fsp3) is 0.160. The predicted molar refractivity (Wildman–Crippen MR) is 232 cm³/mol. The van der Waals surface area contributed by atoms with Gasteiger partial charge in [-0.05, 0) is 98.6 Å². The first kappa shape index (κ1) is 34.9. The minimum absolute atomic E-state index is 0.164. The molecule has 0 unspecified atom stereocenters. The van der Waals surface area contributed by atoms with Gasteiger partial charge in [-0.25, -0.2) is 13.6 Å². The molecule has 4 nitrogen and oxygen atoms in total. The van der Waals surface area contributed by atoms with Crippen molar-refractivity contribution in [3.63, 3.8) is 0 Å². The monoisotopic (exact) mass is 762 g/mol. The van der Waals surface area contributed by atoms with Crippen molar-refractivity contribution < 1.29 is 8.78 Å². The first-order valence-corrected chi connectivity index (χ1v) is 19.9. The third-order valence-electron chi connectivity index (χ3n) is 11.7. The van der Waals surface area contributed by atoms with E-state index in [0.29, 0.717) is 16.6 Å². The van der Waals surface area contributed by atoms with E-state index in [1.54, 1.807) is 34.1 Å². The lowest BCUT2D eigenvalue weighted by Crippen LogP contribution is -2.10. The van der Waals surface area contributed by atoms with Gasteiger partial charge < -0.3 is 4.57 Å². The molecule has 0 amide bonds. The van der Waals surface area contributed by atoms with Gasteiger partial charge in [0.25, 0.3) is 0 Å². The van der Waals surface area contributed by atoms with E-state index in [2.05, 4.69) is 105 Å². The summed E-state index contributed by atoms with van der Waals surface area (Å²) in [6, 6.07) is 36.1. The first-order chi connectivity index (χ1) is 27.3. The van der Waals surface area contributed by atoms with Crippen LogP contribution in [-0.2, 0) is 10.8 Å². The second kappa shape index (κ2) is 12.0. The second-order valence-electron chi connectivity index (χ2n) is 17.1. The summed E-state index contributed by atoms with van der Waals surface area (Å²) in [6.07, 6.45) is 0. The number of hydrogen-bond acceptors (Lipinski definition) is 2. The summed E-state index contributed by atoms with van der Waals surface area (Å²) < 4.78 is 38.6. The SMILES string of the molecule is [C-]#[N+]c1c(F)c(-c2cccc(-c3cc4c5ccccc5n5c6sccc6c(c3)c45)c2)c(C#N)c(F)c1-n1c2ccc(C(C)(C)C)cc2c2cc(C(C)(C)C)ccc21. The maximum Gasteiger partial charge on any atom is 0.249 e. The van der Waals surface area contributed by atoms with E-state index in [-0.39, 0.29) is 22.1 Å². The summed E-state index contributed by atoms with van der Waals surface area (Å²) in [4.78, 5) is 4.84. The molecular formula is C50H36F2N4S. The molecule has 57 heavy (non-hydrogen) atoms. The van der Waals surface area contributed by atoms with Crippen LogP contribution in [0.2, 0.25) is 0 Å². The molecule has 7 heteroatoms. The van der Waals surface area contributed by atoms with Crippen LogP contribution in [0.1, 0.15) is 58.2 Å². The summed E-state index contributed by atoms with van der Waals surface area (Å²) in [5, 5.41) is 19.0. The third-order valence-corrected chi connectivity index (χ3v) is 12.6. The zero-order valence-corrected chi connectivity index (χ0v) is 33.2. The van der Waals surface area contributed by atoms with E-state index in [1.165, 1.54) is 4.83 Å². The van der Waals surface area contributed by atoms with Crippen LogP contribution in [0.3, 0.4) is 0 Å². The molecule has 276 valence electrons. The fourth-order valence-corrected chi connectivity index (χ4v) is 9.69. The highest BCUT2D eigenvalue weighted by Gasteiger charge is 2.30. The van der Waals surface area contributed by atoms with E-state index in [9.17, 15) is 5.26 Å². The number of halogens is 2. The van der Waals surface area contributed by atoms with Crippen LogP contribution in [-0.4, -0.2) is 8.97 Å². The van der Waals surface area contributed by atoms with Crippen molar-refractivity contribution in [3.8, 4) is 34.0 Å². The molecule has 0 fully saturated rings. The molecule has 4 aromatic heterocycles.